The monoisotopic (exact) mass is 257 g/mol. The number of hydrogen-bond donors (Lipinski definition) is 3. The quantitative estimate of drug-likeness (QED) is 0.765. The molecule has 1 aromatic carbocycles. The first-order valence-electron chi connectivity index (χ1n) is 4.98. The third kappa shape index (κ3) is 3.35. The summed E-state index contributed by atoms with van der Waals surface area (Å²) in [6.07, 6.45) is 0.259. The first-order valence-corrected chi connectivity index (χ1v) is 5.35. The van der Waals surface area contributed by atoms with Crippen LogP contribution in [0.25, 0.3) is 0 Å². The SMILES string of the molecule is CCC(NC(=O)c1ccc(Cl)cc1O)C(=O)O. The van der Waals surface area contributed by atoms with E-state index in [1.165, 1.54) is 18.2 Å². The average molecular weight is 258 g/mol. The number of amides is 1. The van der Waals surface area contributed by atoms with Crippen molar-refractivity contribution < 1.29 is 19.8 Å². The van der Waals surface area contributed by atoms with Crippen LogP contribution in [0.1, 0.15) is 23.7 Å². The van der Waals surface area contributed by atoms with E-state index in [2.05, 4.69) is 5.32 Å². The highest BCUT2D eigenvalue weighted by Gasteiger charge is 2.20. The van der Waals surface area contributed by atoms with Crippen LogP contribution in [0.15, 0.2) is 18.2 Å². The van der Waals surface area contributed by atoms with Gasteiger partial charge in [0, 0.05) is 5.02 Å². The number of benzene rings is 1. The van der Waals surface area contributed by atoms with Crippen molar-refractivity contribution in [1.29, 1.82) is 0 Å². The number of halogens is 1. The van der Waals surface area contributed by atoms with Crippen LogP contribution in [0.5, 0.6) is 5.75 Å². The number of phenols is 1. The van der Waals surface area contributed by atoms with Crippen LogP contribution in [-0.2, 0) is 4.79 Å². The zero-order valence-electron chi connectivity index (χ0n) is 9.11. The van der Waals surface area contributed by atoms with Crippen LogP contribution >= 0.6 is 11.6 Å². The van der Waals surface area contributed by atoms with Crippen molar-refractivity contribution in [1.82, 2.24) is 5.32 Å². The fraction of sp³-hybridized carbons (Fsp3) is 0.273. The van der Waals surface area contributed by atoms with E-state index >= 15 is 0 Å². The van der Waals surface area contributed by atoms with E-state index in [0.29, 0.717) is 5.02 Å². The van der Waals surface area contributed by atoms with Crippen molar-refractivity contribution in [3.63, 3.8) is 0 Å². The summed E-state index contributed by atoms with van der Waals surface area (Å²) in [5.74, 6) is -2.04. The molecular formula is C11H12ClNO4. The van der Waals surface area contributed by atoms with Crippen molar-refractivity contribution in [2.75, 3.05) is 0 Å². The molecule has 0 spiro atoms. The molecule has 0 saturated carbocycles. The molecule has 1 atom stereocenters. The molecule has 6 heteroatoms. The number of rotatable bonds is 4. The molecule has 1 aromatic rings. The number of carbonyl (C=O) groups excluding carboxylic acids is 1. The maximum absolute atomic E-state index is 11.7. The van der Waals surface area contributed by atoms with Crippen LogP contribution in [0.3, 0.4) is 0 Å². The number of carboxylic acid groups (broad SMARTS) is 1. The molecule has 1 amide bonds. The summed E-state index contributed by atoms with van der Waals surface area (Å²) >= 11 is 5.62. The van der Waals surface area contributed by atoms with E-state index in [0.717, 1.165) is 0 Å². The third-order valence-corrected chi connectivity index (χ3v) is 2.45. The molecule has 92 valence electrons. The fourth-order valence-corrected chi connectivity index (χ4v) is 1.44. The van der Waals surface area contributed by atoms with E-state index in [-0.39, 0.29) is 17.7 Å². The average Bonchev–Trinajstić information content (AvgIpc) is 2.24. The molecule has 0 saturated heterocycles. The van der Waals surface area contributed by atoms with Crippen LogP contribution in [-0.4, -0.2) is 28.1 Å². The van der Waals surface area contributed by atoms with Gasteiger partial charge in [0.2, 0.25) is 0 Å². The predicted molar refractivity (Wildman–Crippen MR) is 62.3 cm³/mol. The Morgan fingerprint density at radius 3 is 2.59 bits per heavy atom. The molecule has 17 heavy (non-hydrogen) atoms. The molecule has 0 aliphatic heterocycles. The minimum absolute atomic E-state index is 0.00546. The van der Waals surface area contributed by atoms with Crippen molar-refractivity contribution in [2.45, 2.75) is 19.4 Å². The number of hydrogen-bond acceptors (Lipinski definition) is 3. The molecule has 0 aliphatic rings. The lowest BCUT2D eigenvalue weighted by atomic mass is 10.1. The summed E-state index contributed by atoms with van der Waals surface area (Å²) in [7, 11) is 0. The van der Waals surface area contributed by atoms with Crippen LogP contribution in [0.4, 0.5) is 0 Å². The van der Waals surface area contributed by atoms with Crippen molar-refractivity contribution in [3.8, 4) is 5.75 Å². The Kier molecular flexibility index (Phi) is 4.34. The topological polar surface area (TPSA) is 86.6 Å². The van der Waals surface area contributed by atoms with Gasteiger partial charge in [0.1, 0.15) is 11.8 Å². The first kappa shape index (κ1) is 13.3. The zero-order chi connectivity index (χ0) is 13.0. The summed E-state index contributed by atoms with van der Waals surface area (Å²) in [4.78, 5) is 22.4. The van der Waals surface area contributed by atoms with Gasteiger partial charge in [-0.25, -0.2) is 4.79 Å². The van der Waals surface area contributed by atoms with Gasteiger partial charge in [-0.05, 0) is 24.6 Å². The highest BCUT2D eigenvalue weighted by atomic mass is 35.5. The molecule has 0 radical (unpaired) electrons. The second-order valence-corrected chi connectivity index (χ2v) is 3.87. The Morgan fingerprint density at radius 2 is 2.12 bits per heavy atom. The Balaban J connectivity index is 2.86. The first-order chi connectivity index (χ1) is 7.95. The van der Waals surface area contributed by atoms with Crippen molar-refractivity contribution in [3.05, 3.63) is 28.8 Å². The minimum atomic E-state index is -1.12. The van der Waals surface area contributed by atoms with Crippen LogP contribution < -0.4 is 5.32 Å². The molecule has 0 heterocycles. The Morgan fingerprint density at radius 1 is 1.47 bits per heavy atom. The maximum atomic E-state index is 11.7. The number of aromatic hydroxyl groups is 1. The highest BCUT2D eigenvalue weighted by Crippen LogP contribution is 2.21. The molecule has 0 aromatic heterocycles. The fourth-order valence-electron chi connectivity index (χ4n) is 1.27. The Bertz CT molecular complexity index is 447. The number of nitrogens with one attached hydrogen (secondary N) is 1. The van der Waals surface area contributed by atoms with Gasteiger partial charge in [-0.2, -0.15) is 0 Å². The number of carbonyl (C=O) groups is 2. The number of aliphatic carboxylic acids is 1. The normalized spacial score (nSPS) is 11.9. The van der Waals surface area contributed by atoms with Gasteiger partial charge in [-0.1, -0.05) is 18.5 Å². The van der Waals surface area contributed by atoms with Gasteiger partial charge in [-0.15, -0.1) is 0 Å². The molecule has 0 bridgehead atoms. The van der Waals surface area contributed by atoms with E-state index < -0.39 is 17.9 Å². The Hall–Kier alpha value is -1.75. The van der Waals surface area contributed by atoms with Gasteiger partial charge in [-0.3, -0.25) is 4.79 Å². The van der Waals surface area contributed by atoms with Gasteiger partial charge < -0.3 is 15.5 Å². The molecule has 3 N–H and O–H groups in total. The predicted octanol–water partition coefficient (Wildman–Crippen LogP) is 1.64. The summed E-state index contributed by atoms with van der Waals surface area (Å²) in [5, 5.41) is 20.9. The van der Waals surface area contributed by atoms with Crippen LogP contribution in [0.2, 0.25) is 5.02 Å². The summed E-state index contributed by atoms with van der Waals surface area (Å²) in [5.41, 5.74) is -0.00546. The van der Waals surface area contributed by atoms with Gasteiger partial charge in [0.15, 0.2) is 0 Å². The molecule has 0 fully saturated rings. The number of phenolic OH excluding ortho intramolecular Hbond substituents is 1. The second-order valence-electron chi connectivity index (χ2n) is 3.43. The van der Waals surface area contributed by atoms with Crippen molar-refractivity contribution in [2.24, 2.45) is 0 Å². The zero-order valence-corrected chi connectivity index (χ0v) is 9.86. The Labute approximate surface area is 103 Å². The second kappa shape index (κ2) is 5.54. The summed E-state index contributed by atoms with van der Waals surface area (Å²) in [6.45, 7) is 1.64. The lowest BCUT2D eigenvalue weighted by molar-refractivity contribution is -0.139. The third-order valence-electron chi connectivity index (χ3n) is 2.22. The number of carboxylic acids is 1. The lowest BCUT2D eigenvalue weighted by Gasteiger charge is -2.12. The largest absolute Gasteiger partial charge is 0.507 e. The smallest absolute Gasteiger partial charge is 0.326 e. The van der Waals surface area contributed by atoms with E-state index in [1.807, 2.05) is 0 Å². The lowest BCUT2D eigenvalue weighted by Crippen LogP contribution is -2.40. The molecule has 0 aliphatic carbocycles. The summed E-state index contributed by atoms with van der Waals surface area (Å²) < 4.78 is 0. The molecular weight excluding hydrogens is 246 g/mol. The highest BCUT2D eigenvalue weighted by molar-refractivity contribution is 6.30. The minimum Gasteiger partial charge on any atom is -0.507 e. The molecule has 1 rings (SSSR count). The standard InChI is InChI=1S/C11H12ClNO4/c1-2-8(11(16)17)13-10(15)7-4-3-6(12)5-9(7)14/h3-5,8,14H,2H2,1H3,(H,13,15)(H,16,17). The van der Waals surface area contributed by atoms with Gasteiger partial charge in [0.05, 0.1) is 5.56 Å². The molecule has 1 unspecified atom stereocenters. The van der Waals surface area contributed by atoms with E-state index in [4.69, 9.17) is 16.7 Å². The van der Waals surface area contributed by atoms with Crippen molar-refractivity contribution >= 4 is 23.5 Å². The van der Waals surface area contributed by atoms with Gasteiger partial charge in [0.25, 0.3) is 5.91 Å². The van der Waals surface area contributed by atoms with E-state index in [9.17, 15) is 14.7 Å². The van der Waals surface area contributed by atoms with E-state index in [1.54, 1.807) is 6.92 Å². The molecule has 5 nitrogen and oxygen atoms in total. The van der Waals surface area contributed by atoms with Crippen LogP contribution in [0, 0.1) is 0 Å². The van der Waals surface area contributed by atoms with Gasteiger partial charge >= 0.3 is 5.97 Å². The maximum Gasteiger partial charge on any atom is 0.326 e. The summed E-state index contributed by atoms with van der Waals surface area (Å²) in [6, 6.07) is 3.02.